The maximum absolute atomic E-state index is 6.42. The highest BCUT2D eigenvalue weighted by atomic mass is 35.5. The van der Waals surface area contributed by atoms with Gasteiger partial charge < -0.3 is 15.0 Å². The molecule has 3 aromatic carbocycles. The van der Waals surface area contributed by atoms with Gasteiger partial charge in [-0.2, -0.15) is 0 Å². The molecule has 0 amide bonds. The average Bonchev–Trinajstić information content (AvgIpc) is 3.26. The number of amidine groups is 1. The standard InChI is InChI=1S/C29H24ClN3O/c1-33(21-12-6-3-7-13-21)24-17-16-20(18-23(24)19-10-4-2-5-11-19)27-26-22-14-8-9-15-25(22)34-28(26)32-29(30)31-27/h2-18,22,25,28H,1H3,(H,31,32). The molecule has 3 unspecified atom stereocenters. The summed E-state index contributed by atoms with van der Waals surface area (Å²) in [6, 6.07) is 27.4. The van der Waals surface area contributed by atoms with Crippen LogP contribution in [0.25, 0.3) is 16.8 Å². The summed E-state index contributed by atoms with van der Waals surface area (Å²) in [7, 11) is 2.10. The summed E-state index contributed by atoms with van der Waals surface area (Å²) in [6.45, 7) is 0. The molecule has 2 heterocycles. The third kappa shape index (κ3) is 3.65. The van der Waals surface area contributed by atoms with E-state index in [2.05, 4.69) is 107 Å². The van der Waals surface area contributed by atoms with Gasteiger partial charge in [0.25, 0.3) is 0 Å². The fourth-order valence-corrected chi connectivity index (χ4v) is 5.13. The fraction of sp³-hybridized carbons (Fsp3) is 0.138. The molecule has 34 heavy (non-hydrogen) atoms. The first-order chi connectivity index (χ1) is 16.7. The number of aliphatic imine (C=N–C) groups is 1. The van der Waals surface area contributed by atoms with Crippen molar-refractivity contribution < 1.29 is 4.74 Å². The van der Waals surface area contributed by atoms with Crippen molar-refractivity contribution >= 4 is 34.0 Å². The lowest BCUT2D eigenvalue weighted by Crippen LogP contribution is -2.28. The molecule has 3 aliphatic rings. The molecule has 0 radical (unpaired) electrons. The van der Waals surface area contributed by atoms with Crippen molar-refractivity contribution in [3.63, 3.8) is 0 Å². The van der Waals surface area contributed by atoms with Gasteiger partial charge in [0.2, 0.25) is 0 Å². The van der Waals surface area contributed by atoms with Crippen molar-refractivity contribution in [3.05, 3.63) is 114 Å². The van der Waals surface area contributed by atoms with E-state index in [0.717, 1.165) is 39.3 Å². The summed E-state index contributed by atoms with van der Waals surface area (Å²) in [6.07, 6.45) is 7.98. The van der Waals surface area contributed by atoms with E-state index in [4.69, 9.17) is 16.3 Å². The van der Waals surface area contributed by atoms with Gasteiger partial charge in [-0.05, 0) is 47.0 Å². The number of ether oxygens (including phenoxy) is 1. The first kappa shape index (κ1) is 21.0. The molecular formula is C29H24ClN3O. The summed E-state index contributed by atoms with van der Waals surface area (Å²) in [4.78, 5) is 6.75. The predicted molar refractivity (Wildman–Crippen MR) is 140 cm³/mol. The lowest BCUT2D eigenvalue weighted by Gasteiger charge is -2.26. The van der Waals surface area contributed by atoms with Gasteiger partial charge in [0.1, 0.15) is 0 Å². The SMILES string of the molecule is CN(c1ccccc1)c1ccc(C2=C3C(N=C(Cl)N2)OC2C=CC=CC32)cc1-c1ccccc1. The Labute approximate surface area is 204 Å². The van der Waals surface area contributed by atoms with Crippen LogP contribution in [0.3, 0.4) is 0 Å². The van der Waals surface area contributed by atoms with E-state index in [1.165, 1.54) is 0 Å². The number of benzene rings is 3. The number of halogens is 1. The average molecular weight is 466 g/mol. The van der Waals surface area contributed by atoms with Crippen LogP contribution in [0, 0.1) is 5.92 Å². The van der Waals surface area contributed by atoms with Gasteiger partial charge in [0, 0.05) is 35.5 Å². The Morgan fingerprint density at radius 3 is 2.41 bits per heavy atom. The van der Waals surface area contributed by atoms with E-state index >= 15 is 0 Å². The van der Waals surface area contributed by atoms with Crippen molar-refractivity contribution in [1.29, 1.82) is 0 Å². The van der Waals surface area contributed by atoms with E-state index in [-0.39, 0.29) is 18.2 Å². The minimum absolute atomic E-state index is 0.0230. The van der Waals surface area contributed by atoms with Crippen LogP contribution in [0.4, 0.5) is 11.4 Å². The Morgan fingerprint density at radius 2 is 1.62 bits per heavy atom. The number of nitrogens with zero attached hydrogens (tertiary/aromatic N) is 2. The van der Waals surface area contributed by atoms with Crippen LogP contribution in [0.1, 0.15) is 5.56 Å². The molecule has 4 nitrogen and oxygen atoms in total. The Hall–Kier alpha value is -3.60. The Balaban J connectivity index is 1.50. The Bertz CT molecular complexity index is 1340. The van der Waals surface area contributed by atoms with Gasteiger partial charge in [-0.3, -0.25) is 0 Å². The van der Waals surface area contributed by atoms with Crippen LogP contribution in [0.15, 0.2) is 114 Å². The van der Waals surface area contributed by atoms with Crippen molar-refractivity contribution in [2.75, 3.05) is 11.9 Å². The molecule has 1 N–H and O–H groups in total. The molecular weight excluding hydrogens is 442 g/mol. The van der Waals surface area contributed by atoms with Crippen LogP contribution in [-0.4, -0.2) is 24.7 Å². The minimum Gasteiger partial charge on any atom is -0.344 e. The first-order valence-corrected chi connectivity index (χ1v) is 11.8. The zero-order valence-electron chi connectivity index (χ0n) is 18.7. The second kappa shape index (κ2) is 8.64. The lowest BCUT2D eigenvalue weighted by molar-refractivity contribution is 0.0775. The predicted octanol–water partition coefficient (Wildman–Crippen LogP) is 6.50. The zero-order valence-corrected chi connectivity index (χ0v) is 19.5. The van der Waals surface area contributed by atoms with Crippen LogP contribution in [-0.2, 0) is 4.74 Å². The van der Waals surface area contributed by atoms with Gasteiger partial charge in [0.15, 0.2) is 11.5 Å². The smallest absolute Gasteiger partial charge is 0.198 e. The van der Waals surface area contributed by atoms with Crippen LogP contribution in [0.2, 0.25) is 0 Å². The summed E-state index contributed by atoms with van der Waals surface area (Å²) in [5, 5.41) is 3.69. The maximum Gasteiger partial charge on any atom is 0.198 e. The van der Waals surface area contributed by atoms with Crippen LogP contribution < -0.4 is 10.2 Å². The van der Waals surface area contributed by atoms with Crippen LogP contribution >= 0.6 is 11.6 Å². The minimum atomic E-state index is -0.377. The van der Waals surface area contributed by atoms with E-state index in [9.17, 15) is 0 Å². The molecule has 0 bridgehead atoms. The summed E-state index contributed by atoms with van der Waals surface area (Å²) >= 11 is 6.42. The van der Waals surface area contributed by atoms with E-state index in [1.54, 1.807) is 0 Å². The molecule has 3 aromatic rings. The van der Waals surface area contributed by atoms with E-state index < -0.39 is 0 Å². The largest absolute Gasteiger partial charge is 0.344 e. The molecule has 0 spiro atoms. The molecule has 0 aromatic heterocycles. The molecule has 6 rings (SSSR count). The number of hydrogen-bond donors (Lipinski definition) is 1. The van der Waals surface area contributed by atoms with Gasteiger partial charge in [-0.25, -0.2) is 4.99 Å². The molecule has 2 aliphatic heterocycles. The molecule has 1 saturated heterocycles. The number of hydrogen-bond acceptors (Lipinski definition) is 4. The number of para-hydroxylation sites is 1. The van der Waals surface area contributed by atoms with Crippen molar-refractivity contribution in [3.8, 4) is 11.1 Å². The maximum atomic E-state index is 6.42. The third-order valence-electron chi connectivity index (χ3n) is 6.62. The lowest BCUT2D eigenvalue weighted by atomic mass is 9.87. The topological polar surface area (TPSA) is 36.9 Å². The number of allylic oxidation sites excluding steroid dienone is 2. The van der Waals surface area contributed by atoms with E-state index in [1.807, 2.05) is 18.2 Å². The quantitative estimate of drug-likeness (QED) is 0.447. The summed E-state index contributed by atoms with van der Waals surface area (Å²) in [5.41, 5.74) is 7.71. The third-order valence-corrected chi connectivity index (χ3v) is 6.81. The van der Waals surface area contributed by atoms with Gasteiger partial charge >= 0.3 is 0 Å². The number of nitrogens with one attached hydrogen (secondary N) is 1. The zero-order chi connectivity index (χ0) is 23.1. The van der Waals surface area contributed by atoms with Crippen molar-refractivity contribution in [2.24, 2.45) is 10.9 Å². The number of anilines is 2. The van der Waals surface area contributed by atoms with Gasteiger partial charge in [-0.1, -0.05) is 78.9 Å². The van der Waals surface area contributed by atoms with Crippen molar-refractivity contribution in [2.45, 2.75) is 12.3 Å². The highest BCUT2D eigenvalue weighted by Gasteiger charge is 2.42. The molecule has 3 atom stereocenters. The Kier molecular flexibility index (Phi) is 5.33. The van der Waals surface area contributed by atoms with Crippen molar-refractivity contribution in [1.82, 2.24) is 5.32 Å². The Morgan fingerprint density at radius 1 is 0.882 bits per heavy atom. The van der Waals surface area contributed by atoms with Crippen LogP contribution in [0.5, 0.6) is 0 Å². The monoisotopic (exact) mass is 465 g/mol. The van der Waals surface area contributed by atoms with Gasteiger partial charge in [0.05, 0.1) is 11.8 Å². The molecule has 1 fully saturated rings. The fourth-order valence-electron chi connectivity index (χ4n) is 4.95. The molecule has 5 heteroatoms. The van der Waals surface area contributed by atoms with E-state index in [0.29, 0.717) is 5.29 Å². The highest BCUT2D eigenvalue weighted by Crippen LogP contribution is 2.43. The summed E-state index contributed by atoms with van der Waals surface area (Å²) in [5.74, 6) is 0.137. The number of fused-ring (bicyclic) bond motifs is 3. The normalized spacial score (nSPS) is 22.6. The molecule has 168 valence electrons. The highest BCUT2D eigenvalue weighted by molar-refractivity contribution is 6.65. The summed E-state index contributed by atoms with van der Waals surface area (Å²) < 4.78 is 6.21. The second-order valence-corrected chi connectivity index (χ2v) is 8.97. The molecule has 1 aliphatic carbocycles. The molecule has 0 saturated carbocycles. The number of rotatable bonds is 4. The first-order valence-electron chi connectivity index (χ1n) is 11.4. The second-order valence-electron chi connectivity index (χ2n) is 8.62. The van der Waals surface area contributed by atoms with Gasteiger partial charge in [-0.15, -0.1) is 0 Å².